The number of halogens is 1. The number of rotatable bonds is 6. The van der Waals surface area contributed by atoms with Crippen LogP contribution in [0, 0.1) is 0 Å². The summed E-state index contributed by atoms with van der Waals surface area (Å²) in [5.74, 6) is 0.302. The Balaban J connectivity index is 1.97. The summed E-state index contributed by atoms with van der Waals surface area (Å²) in [4.78, 5) is 5.63. The number of aliphatic imine (C=N–C) groups is 1. The molecule has 1 aliphatic heterocycles. The summed E-state index contributed by atoms with van der Waals surface area (Å²) in [5.41, 5.74) is -0.404. The molecule has 7 nitrogen and oxygen atoms in total. The van der Waals surface area contributed by atoms with Gasteiger partial charge in [-0.3, -0.25) is 4.99 Å². The highest BCUT2D eigenvalue weighted by Crippen LogP contribution is 2.40. The number of thioether (sulfide) groups is 1. The summed E-state index contributed by atoms with van der Waals surface area (Å²) >= 11 is 7.66. The average Bonchev–Trinajstić information content (AvgIpc) is 3.07. The molecule has 3 atom stereocenters. The molecule has 0 amide bonds. The minimum Gasteiger partial charge on any atom is -0.387 e. The van der Waals surface area contributed by atoms with Gasteiger partial charge in [0.1, 0.15) is 4.90 Å². The number of hydrogen-bond acceptors (Lipinski definition) is 6. The molecule has 2 aromatic carbocycles. The lowest BCUT2D eigenvalue weighted by atomic mass is 10.0. The second-order valence-electron chi connectivity index (χ2n) is 7.43. The molecule has 0 radical (unpaired) electrons. The van der Waals surface area contributed by atoms with Crippen LogP contribution in [-0.4, -0.2) is 65.9 Å². The summed E-state index contributed by atoms with van der Waals surface area (Å²) < 4.78 is 27.9. The zero-order valence-corrected chi connectivity index (χ0v) is 20.1. The lowest BCUT2D eigenvalue weighted by molar-refractivity contribution is -0.0349. The van der Waals surface area contributed by atoms with Crippen LogP contribution in [0.25, 0.3) is 0 Å². The Morgan fingerprint density at radius 3 is 2.48 bits per heavy atom. The van der Waals surface area contributed by atoms with Crippen LogP contribution in [0.1, 0.15) is 24.2 Å². The highest BCUT2D eigenvalue weighted by atomic mass is 35.5. The summed E-state index contributed by atoms with van der Waals surface area (Å²) in [5, 5.41) is 22.6. The van der Waals surface area contributed by atoms with Gasteiger partial charge in [0.2, 0.25) is 10.0 Å². The molecule has 0 spiro atoms. The van der Waals surface area contributed by atoms with Crippen molar-refractivity contribution in [2.45, 2.75) is 29.7 Å². The lowest BCUT2D eigenvalue weighted by Gasteiger charge is -2.32. The zero-order valence-electron chi connectivity index (χ0n) is 17.7. The first-order valence-corrected chi connectivity index (χ1v) is 12.4. The molecule has 1 aliphatic rings. The summed E-state index contributed by atoms with van der Waals surface area (Å²) in [7, 11) is 0.683. The van der Waals surface area contributed by atoms with Crippen molar-refractivity contribution in [3.63, 3.8) is 0 Å². The van der Waals surface area contributed by atoms with Gasteiger partial charge in [0.05, 0.1) is 22.9 Å². The van der Waals surface area contributed by atoms with Crippen LogP contribution in [0.15, 0.2) is 58.4 Å². The first-order chi connectivity index (χ1) is 14.5. The third-order valence-corrected chi connectivity index (χ3v) is 9.35. The van der Waals surface area contributed by atoms with Crippen molar-refractivity contribution >= 4 is 38.6 Å². The minimum absolute atomic E-state index is 0.0401. The van der Waals surface area contributed by atoms with E-state index in [1.54, 1.807) is 56.3 Å². The Hall–Kier alpha value is -1.62. The predicted octanol–water partition coefficient (Wildman–Crippen LogP) is 2.89. The van der Waals surface area contributed by atoms with Gasteiger partial charge in [-0.25, -0.2) is 8.42 Å². The second kappa shape index (κ2) is 9.09. The maximum Gasteiger partial charge on any atom is 0.244 e. The standard InChI is InChI=1S/C21H26ClN3O4S2/c1-14(19(26)15-8-6-5-7-9-15)25(4)31(28,29)18-12-16(10-11-17(18)22)21(27)13-30-20(23-2)24(21)3/h5-12,14,19,26-27H,13H2,1-4H3. The molecule has 1 saturated heterocycles. The number of hydrogen-bond donors (Lipinski definition) is 2. The van der Waals surface area contributed by atoms with Crippen LogP contribution >= 0.6 is 23.4 Å². The van der Waals surface area contributed by atoms with Gasteiger partial charge >= 0.3 is 0 Å². The molecule has 0 saturated carbocycles. The Bertz CT molecular complexity index is 1080. The Labute approximate surface area is 192 Å². The first kappa shape index (κ1) is 24.0. The van der Waals surface area contributed by atoms with E-state index >= 15 is 0 Å². The van der Waals surface area contributed by atoms with Gasteiger partial charge in [0.25, 0.3) is 0 Å². The van der Waals surface area contributed by atoms with Gasteiger partial charge in [-0.2, -0.15) is 4.31 Å². The number of aliphatic hydroxyl groups excluding tert-OH is 1. The molecule has 10 heteroatoms. The van der Waals surface area contributed by atoms with E-state index in [0.29, 0.717) is 22.0 Å². The van der Waals surface area contributed by atoms with Crippen molar-refractivity contribution in [1.82, 2.24) is 9.21 Å². The van der Waals surface area contributed by atoms with Gasteiger partial charge in [0.15, 0.2) is 10.9 Å². The number of benzene rings is 2. The van der Waals surface area contributed by atoms with Crippen LogP contribution in [0.4, 0.5) is 0 Å². The fourth-order valence-electron chi connectivity index (χ4n) is 3.46. The SMILES string of the molecule is CN=C1SCC(O)(c2ccc(Cl)c(S(=O)(=O)N(C)C(C)C(O)c3ccccc3)c2)N1C. The quantitative estimate of drug-likeness (QED) is 0.656. The summed E-state index contributed by atoms with van der Waals surface area (Å²) in [6, 6.07) is 12.6. The normalized spacial score (nSPS) is 22.8. The van der Waals surface area contributed by atoms with Crippen LogP contribution in [-0.2, 0) is 15.7 Å². The second-order valence-corrected chi connectivity index (χ2v) is 10.7. The van der Waals surface area contributed by atoms with Gasteiger partial charge in [-0.05, 0) is 24.6 Å². The molecule has 0 aliphatic carbocycles. The summed E-state index contributed by atoms with van der Waals surface area (Å²) in [6.45, 7) is 1.63. The van der Waals surface area contributed by atoms with Crippen molar-refractivity contribution in [2.24, 2.45) is 4.99 Å². The molecule has 31 heavy (non-hydrogen) atoms. The lowest BCUT2D eigenvalue weighted by Crippen LogP contribution is -2.42. The monoisotopic (exact) mass is 483 g/mol. The molecule has 1 heterocycles. The molecule has 0 aromatic heterocycles. The van der Waals surface area contributed by atoms with E-state index in [2.05, 4.69) is 4.99 Å². The van der Waals surface area contributed by atoms with Crippen LogP contribution in [0.2, 0.25) is 5.02 Å². The predicted molar refractivity (Wildman–Crippen MR) is 125 cm³/mol. The van der Waals surface area contributed by atoms with E-state index in [0.717, 1.165) is 4.31 Å². The van der Waals surface area contributed by atoms with E-state index in [4.69, 9.17) is 11.6 Å². The number of aliphatic hydroxyl groups is 2. The largest absolute Gasteiger partial charge is 0.387 e. The third kappa shape index (κ3) is 4.35. The first-order valence-electron chi connectivity index (χ1n) is 9.61. The Morgan fingerprint density at radius 1 is 1.26 bits per heavy atom. The van der Waals surface area contributed by atoms with Crippen molar-refractivity contribution in [3.05, 3.63) is 64.7 Å². The van der Waals surface area contributed by atoms with E-state index < -0.39 is 27.9 Å². The van der Waals surface area contributed by atoms with Crippen molar-refractivity contribution in [2.75, 3.05) is 26.9 Å². The molecular formula is C21H26ClN3O4S2. The Morgan fingerprint density at radius 2 is 1.90 bits per heavy atom. The molecule has 1 fully saturated rings. The van der Waals surface area contributed by atoms with E-state index in [1.165, 1.54) is 30.9 Å². The van der Waals surface area contributed by atoms with Gasteiger partial charge in [-0.1, -0.05) is 59.8 Å². The smallest absolute Gasteiger partial charge is 0.244 e. The maximum absolute atomic E-state index is 13.4. The van der Waals surface area contributed by atoms with Gasteiger partial charge in [0, 0.05) is 26.7 Å². The van der Waals surface area contributed by atoms with Crippen LogP contribution < -0.4 is 0 Å². The van der Waals surface area contributed by atoms with E-state index in [1.807, 2.05) is 6.07 Å². The highest BCUT2D eigenvalue weighted by Gasteiger charge is 2.43. The third-order valence-electron chi connectivity index (χ3n) is 5.66. The van der Waals surface area contributed by atoms with Crippen molar-refractivity contribution in [1.29, 1.82) is 0 Å². The number of sulfonamides is 1. The molecular weight excluding hydrogens is 458 g/mol. The topological polar surface area (TPSA) is 93.4 Å². The van der Waals surface area contributed by atoms with Gasteiger partial charge < -0.3 is 15.1 Å². The molecule has 3 unspecified atom stereocenters. The fraction of sp³-hybridized carbons (Fsp3) is 0.381. The zero-order chi connectivity index (χ0) is 23.0. The highest BCUT2D eigenvalue weighted by molar-refractivity contribution is 8.14. The summed E-state index contributed by atoms with van der Waals surface area (Å²) in [6.07, 6.45) is -1.02. The van der Waals surface area contributed by atoms with Crippen molar-refractivity contribution in [3.8, 4) is 0 Å². The van der Waals surface area contributed by atoms with E-state index in [-0.39, 0.29) is 9.92 Å². The number of nitrogens with zero attached hydrogens (tertiary/aromatic N) is 3. The van der Waals surface area contributed by atoms with Crippen molar-refractivity contribution < 1.29 is 18.6 Å². The molecule has 3 rings (SSSR count). The molecule has 2 aromatic rings. The van der Waals surface area contributed by atoms with Crippen LogP contribution in [0.5, 0.6) is 0 Å². The molecule has 168 valence electrons. The molecule has 2 N–H and O–H groups in total. The minimum atomic E-state index is -4.06. The average molecular weight is 484 g/mol. The molecule has 0 bridgehead atoms. The Kier molecular flexibility index (Phi) is 7.05. The van der Waals surface area contributed by atoms with Crippen LogP contribution in [0.3, 0.4) is 0 Å². The number of amidine groups is 1. The van der Waals surface area contributed by atoms with Gasteiger partial charge in [-0.15, -0.1) is 0 Å². The maximum atomic E-state index is 13.4. The number of likely N-dealkylation sites (N-methyl/N-ethyl adjacent to an activating group) is 1. The van der Waals surface area contributed by atoms with E-state index in [9.17, 15) is 18.6 Å². The fourth-order valence-corrected chi connectivity index (χ4v) is 6.49.